The number of hydrogen-bond acceptors (Lipinski definition) is 4. The monoisotopic (exact) mass is 319 g/mol. The zero-order chi connectivity index (χ0) is 17.1. The van der Waals surface area contributed by atoms with E-state index in [9.17, 15) is 4.79 Å². The number of benzene rings is 1. The maximum atomic E-state index is 12.9. The molecule has 3 aromatic rings. The number of aromatic nitrogens is 1. The van der Waals surface area contributed by atoms with Gasteiger partial charge in [-0.3, -0.25) is 4.79 Å². The highest BCUT2D eigenvalue weighted by Gasteiger charge is 2.21. The minimum absolute atomic E-state index is 0.224. The summed E-state index contributed by atoms with van der Waals surface area (Å²) in [5, 5.41) is 8.88. The Hall–Kier alpha value is -3.13. The van der Waals surface area contributed by atoms with Crippen LogP contribution in [0.2, 0.25) is 0 Å². The summed E-state index contributed by atoms with van der Waals surface area (Å²) in [6.07, 6.45) is 0.247. The first kappa shape index (κ1) is 15.8. The summed E-state index contributed by atoms with van der Waals surface area (Å²) in [6, 6.07) is 15.0. The summed E-state index contributed by atoms with van der Waals surface area (Å²) in [6.45, 7) is 4.18. The largest absolute Gasteiger partial charge is 0.449 e. The second-order valence-corrected chi connectivity index (χ2v) is 5.65. The van der Waals surface area contributed by atoms with Crippen LogP contribution < -0.4 is 4.90 Å². The van der Waals surface area contributed by atoms with Crippen LogP contribution >= 0.6 is 0 Å². The first-order valence-corrected chi connectivity index (χ1v) is 7.71. The molecule has 3 rings (SSSR count). The molecule has 0 aliphatic carbocycles. The molecule has 24 heavy (non-hydrogen) atoms. The maximum Gasteiger partial charge on any atom is 0.294 e. The van der Waals surface area contributed by atoms with E-state index in [4.69, 9.17) is 9.68 Å². The molecule has 0 N–H and O–H groups in total. The zero-order valence-corrected chi connectivity index (χ0v) is 13.6. The molecule has 2 aromatic heterocycles. The highest BCUT2D eigenvalue weighted by atomic mass is 16.3. The lowest BCUT2D eigenvalue weighted by molar-refractivity contribution is 0.0963. The Morgan fingerprint density at radius 2 is 1.96 bits per heavy atom. The molecule has 1 amide bonds. The minimum Gasteiger partial charge on any atom is -0.449 e. The first-order chi connectivity index (χ1) is 11.6. The maximum absolute atomic E-state index is 12.9. The van der Waals surface area contributed by atoms with Crippen molar-refractivity contribution in [3.8, 4) is 6.07 Å². The molecule has 0 saturated carbocycles. The molecule has 0 unspecified atom stereocenters. The summed E-state index contributed by atoms with van der Waals surface area (Å²) in [7, 11) is 0. The highest BCUT2D eigenvalue weighted by Crippen LogP contribution is 2.23. The Bertz CT molecular complexity index is 920. The number of nitrogens with zero attached hydrogens (tertiary/aromatic N) is 3. The van der Waals surface area contributed by atoms with Crippen molar-refractivity contribution in [1.82, 2.24) is 4.98 Å². The number of furan rings is 1. The molecule has 1 aromatic carbocycles. The first-order valence-electron chi connectivity index (χ1n) is 7.71. The van der Waals surface area contributed by atoms with Crippen molar-refractivity contribution >= 4 is 22.7 Å². The van der Waals surface area contributed by atoms with Gasteiger partial charge >= 0.3 is 0 Å². The Morgan fingerprint density at radius 1 is 1.21 bits per heavy atom. The van der Waals surface area contributed by atoms with Gasteiger partial charge in [0.1, 0.15) is 5.52 Å². The van der Waals surface area contributed by atoms with E-state index in [1.807, 2.05) is 44.2 Å². The molecule has 120 valence electrons. The van der Waals surface area contributed by atoms with Gasteiger partial charge in [-0.25, -0.2) is 4.98 Å². The summed E-state index contributed by atoms with van der Waals surface area (Å²) in [4.78, 5) is 18.8. The molecule has 0 radical (unpaired) electrons. The summed E-state index contributed by atoms with van der Waals surface area (Å²) in [5.41, 5.74) is 3.94. The third kappa shape index (κ3) is 3.13. The lowest BCUT2D eigenvalue weighted by atomic mass is 10.2. The fourth-order valence-corrected chi connectivity index (χ4v) is 2.50. The number of anilines is 1. The summed E-state index contributed by atoms with van der Waals surface area (Å²) < 4.78 is 5.65. The third-order valence-corrected chi connectivity index (χ3v) is 3.76. The van der Waals surface area contributed by atoms with Crippen LogP contribution in [0, 0.1) is 25.2 Å². The number of hydrogen-bond donors (Lipinski definition) is 0. The molecule has 2 heterocycles. The van der Waals surface area contributed by atoms with E-state index in [2.05, 4.69) is 11.1 Å². The van der Waals surface area contributed by atoms with Crippen LogP contribution in [0.25, 0.3) is 11.1 Å². The molecule has 0 atom stereocenters. The molecule has 5 heteroatoms. The van der Waals surface area contributed by atoms with Crippen LogP contribution in [0.15, 0.2) is 46.9 Å². The molecule has 0 fully saturated rings. The van der Waals surface area contributed by atoms with Gasteiger partial charge in [-0.05, 0) is 38.1 Å². The molecule has 0 saturated heterocycles. The Balaban J connectivity index is 1.97. The molecule has 0 bridgehead atoms. The molecule has 0 spiro atoms. The predicted molar refractivity (Wildman–Crippen MR) is 91.8 cm³/mol. The molecule has 0 aliphatic rings. The van der Waals surface area contributed by atoms with Crippen LogP contribution in [-0.4, -0.2) is 17.4 Å². The Labute approximate surface area is 140 Å². The topological polar surface area (TPSA) is 70.1 Å². The second kappa shape index (κ2) is 6.55. The Kier molecular flexibility index (Phi) is 4.30. The second-order valence-electron chi connectivity index (χ2n) is 5.65. The van der Waals surface area contributed by atoms with E-state index in [1.54, 1.807) is 17.0 Å². The minimum atomic E-state index is -0.273. The number of nitriles is 1. The molecule has 0 aliphatic heterocycles. The predicted octanol–water partition coefficient (Wildman–Crippen LogP) is 4.01. The number of fused-ring (bicyclic) bond motifs is 1. The smallest absolute Gasteiger partial charge is 0.294 e. The molecular weight excluding hydrogens is 302 g/mol. The van der Waals surface area contributed by atoms with E-state index in [1.165, 1.54) is 0 Å². The molecular formula is C19H17N3O2. The fourth-order valence-electron chi connectivity index (χ4n) is 2.50. The van der Waals surface area contributed by atoms with Gasteiger partial charge < -0.3 is 9.32 Å². The van der Waals surface area contributed by atoms with Crippen LogP contribution in [-0.2, 0) is 0 Å². The number of amides is 1. The lowest BCUT2D eigenvalue weighted by Gasteiger charge is -2.20. The van der Waals surface area contributed by atoms with E-state index in [0.29, 0.717) is 17.6 Å². The van der Waals surface area contributed by atoms with Gasteiger partial charge in [0.2, 0.25) is 0 Å². The number of aryl methyl sites for hydroxylation is 2. The van der Waals surface area contributed by atoms with Crippen molar-refractivity contribution in [1.29, 1.82) is 5.26 Å². The summed E-state index contributed by atoms with van der Waals surface area (Å²) >= 11 is 0. The highest BCUT2D eigenvalue weighted by molar-refractivity contribution is 6.06. The van der Waals surface area contributed by atoms with E-state index < -0.39 is 0 Å². The van der Waals surface area contributed by atoms with E-state index in [0.717, 1.165) is 16.9 Å². The van der Waals surface area contributed by atoms with Crippen molar-refractivity contribution in [3.05, 3.63) is 59.5 Å². The third-order valence-electron chi connectivity index (χ3n) is 3.76. The standard InChI is InChI=1S/C19H17N3O2/c1-13-4-7-15(8-5-13)22(11-3-10-20)19(23)18-12-16-17(24-18)9-6-14(2)21-16/h4-9,12H,3,11H2,1-2H3. The number of carbonyl (C=O) groups is 1. The normalized spacial score (nSPS) is 10.5. The van der Waals surface area contributed by atoms with E-state index in [-0.39, 0.29) is 18.1 Å². The average Bonchev–Trinajstić information content (AvgIpc) is 2.99. The van der Waals surface area contributed by atoms with Gasteiger partial charge in [0, 0.05) is 24.0 Å². The SMILES string of the molecule is Cc1ccc(N(CCC#N)C(=O)c2cc3nc(C)ccc3o2)cc1. The van der Waals surface area contributed by atoms with Crippen molar-refractivity contribution in [2.75, 3.05) is 11.4 Å². The van der Waals surface area contributed by atoms with Crippen LogP contribution in [0.5, 0.6) is 0 Å². The van der Waals surface area contributed by atoms with Crippen LogP contribution in [0.3, 0.4) is 0 Å². The van der Waals surface area contributed by atoms with Crippen LogP contribution in [0.4, 0.5) is 5.69 Å². The summed E-state index contributed by atoms with van der Waals surface area (Å²) in [5.74, 6) is -0.0497. The lowest BCUT2D eigenvalue weighted by Crippen LogP contribution is -2.31. The van der Waals surface area contributed by atoms with Gasteiger partial charge in [-0.2, -0.15) is 5.26 Å². The van der Waals surface area contributed by atoms with E-state index >= 15 is 0 Å². The zero-order valence-electron chi connectivity index (χ0n) is 13.6. The molecule has 5 nitrogen and oxygen atoms in total. The van der Waals surface area contributed by atoms with Crippen molar-refractivity contribution in [3.63, 3.8) is 0 Å². The van der Waals surface area contributed by atoms with Gasteiger partial charge in [0.05, 0.1) is 12.5 Å². The van der Waals surface area contributed by atoms with Crippen LogP contribution in [0.1, 0.15) is 28.2 Å². The van der Waals surface area contributed by atoms with Gasteiger partial charge in [0.25, 0.3) is 5.91 Å². The van der Waals surface area contributed by atoms with Gasteiger partial charge in [0.15, 0.2) is 11.3 Å². The number of pyridine rings is 1. The number of carbonyl (C=O) groups excluding carboxylic acids is 1. The van der Waals surface area contributed by atoms with Crippen molar-refractivity contribution in [2.24, 2.45) is 0 Å². The number of rotatable bonds is 4. The average molecular weight is 319 g/mol. The quantitative estimate of drug-likeness (QED) is 0.728. The fraction of sp³-hybridized carbons (Fsp3) is 0.211. The van der Waals surface area contributed by atoms with Gasteiger partial charge in [-0.15, -0.1) is 0 Å². The Morgan fingerprint density at radius 3 is 2.67 bits per heavy atom. The van der Waals surface area contributed by atoms with Gasteiger partial charge in [-0.1, -0.05) is 17.7 Å². The van der Waals surface area contributed by atoms with Crippen molar-refractivity contribution < 1.29 is 9.21 Å². The van der Waals surface area contributed by atoms with Crippen molar-refractivity contribution in [2.45, 2.75) is 20.3 Å².